The van der Waals surface area contributed by atoms with Crippen molar-refractivity contribution in [2.24, 2.45) is 4.99 Å². The Kier molecular flexibility index (Phi) is 7.35. The van der Waals surface area contributed by atoms with E-state index in [9.17, 15) is 9.59 Å². The van der Waals surface area contributed by atoms with E-state index in [-0.39, 0.29) is 17.6 Å². The quantitative estimate of drug-likeness (QED) is 0.712. The highest BCUT2D eigenvalue weighted by Gasteiger charge is 2.25. The molecule has 0 bridgehead atoms. The SMILES string of the molecule is CCC1CCCCN1C(=O)CSCC(=O)N=c1sc2cc(C)ccc2n1CC. The zero-order chi connectivity index (χ0) is 20.1. The molecule has 3 rings (SSSR count). The van der Waals surface area contributed by atoms with Crippen molar-refractivity contribution in [2.75, 3.05) is 18.1 Å². The second-order valence-electron chi connectivity index (χ2n) is 7.24. The highest BCUT2D eigenvalue weighted by atomic mass is 32.2. The van der Waals surface area contributed by atoms with Gasteiger partial charge in [-0.2, -0.15) is 4.99 Å². The monoisotopic (exact) mass is 419 g/mol. The Bertz CT molecular complexity index is 916. The molecule has 1 saturated heterocycles. The number of aromatic nitrogens is 1. The number of fused-ring (bicyclic) bond motifs is 1. The first-order valence-electron chi connectivity index (χ1n) is 10.1. The smallest absolute Gasteiger partial charge is 0.258 e. The molecule has 5 nitrogen and oxygen atoms in total. The lowest BCUT2D eigenvalue weighted by molar-refractivity contribution is -0.132. The molecule has 1 aromatic carbocycles. The number of carbonyl (C=O) groups is 2. The van der Waals surface area contributed by atoms with Crippen molar-refractivity contribution in [3.05, 3.63) is 28.6 Å². The number of benzene rings is 1. The predicted molar refractivity (Wildman–Crippen MR) is 118 cm³/mol. The lowest BCUT2D eigenvalue weighted by atomic mass is 10.0. The largest absolute Gasteiger partial charge is 0.339 e. The van der Waals surface area contributed by atoms with Crippen LogP contribution >= 0.6 is 23.1 Å². The normalized spacial score (nSPS) is 18.0. The minimum atomic E-state index is -0.172. The molecule has 2 heterocycles. The summed E-state index contributed by atoms with van der Waals surface area (Å²) in [6.07, 6.45) is 4.40. The van der Waals surface area contributed by atoms with Gasteiger partial charge in [0.05, 0.1) is 21.7 Å². The fourth-order valence-electron chi connectivity index (χ4n) is 3.77. The van der Waals surface area contributed by atoms with Gasteiger partial charge in [0.25, 0.3) is 5.91 Å². The van der Waals surface area contributed by atoms with Crippen molar-refractivity contribution in [2.45, 2.75) is 59.0 Å². The van der Waals surface area contributed by atoms with E-state index in [2.05, 4.69) is 48.5 Å². The third-order valence-corrected chi connectivity index (χ3v) is 7.19. The molecule has 152 valence electrons. The lowest BCUT2D eigenvalue weighted by Gasteiger charge is -2.35. The number of nitrogens with zero attached hydrogens (tertiary/aromatic N) is 3. The zero-order valence-corrected chi connectivity index (χ0v) is 18.6. The van der Waals surface area contributed by atoms with Crippen LogP contribution < -0.4 is 4.80 Å². The number of hydrogen-bond donors (Lipinski definition) is 0. The first kappa shape index (κ1) is 21.1. The molecule has 7 heteroatoms. The molecule has 0 spiro atoms. The van der Waals surface area contributed by atoms with E-state index in [0.29, 0.717) is 11.8 Å². The highest BCUT2D eigenvalue weighted by molar-refractivity contribution is 8.00. The van der Waals surface area contributed by atoms with Gasteiger partial charge in [0.1, 0.15) is 0 Å². The first-order valence-corrected chi connectivity index (χ1v) is 12.0. The van der Waals surface area contributed by atoms with E-state index in [1.54, 1.807) is 11.3 Å². The van der Waals surface area contributed by atoms with E-state index in [4.69, 9.17) is 0 Å². The zero-order valence-electron chi connectivity index (χ0n) is 16.9. The lowest BCUT2D eigenvalue weighted by Crippen LogP contribution is -2.44. The van der Waals surface area contributed by atoms with Crippen LogP contribution in [-0.2, 0) is 16.1 Å². The fourth-order valence-corrected chi connectivity index (χ4v) is 5.66. The highest BCUT2D eigenvalue weighted by Crippen LogP contribution is 2.21. The number of thiazole rings is 1. The van der Waals surface area contributed by atoms with Crippen molar-refractivity contribution < 1.29 is 9.59 Å². The van der Waals surface area contributed by atoms with Crippen LogP contribution in [0.4, 0.5) is 0 Å². The molecule has 1 aromatic heterocycles. The average molecular weight is 420 g/mol. The molecule has 0 saturated carbocycles. The van der Waals surface area contributed by atoms with E-state index in [1.165, 1.54) is 23.7 Å². The van der Waals surface area contributed by atoms with Gasteiger partial charge in [-0.15, -0.1) is 11.8 Å². The van der Waals surface area contributed by atoms with Crippen molar-refractivity contribution in [3.8, 4) is 0 Å². The molecule has 0 radical (unpaired) electrons. The number of amides is 2. The summed E-state index contributed by atoms with van der Waals surface area (Å²) in [6, 6.07) is 6.67. The van der Waals surface area contributed by atoms with Gasteiger partial charge in [-0.05, 0) is 57.2 Å². The van der Waals surface area contributed by atoms with Gasteiger partial charge in [0, 0.05) is 19.1 Å². The molecule has 1 unspecified atom stereocenters. The molecule has 2 amide bonds. The Morgan fingerprint density at radius 3 is 2.82 bits per heavy atom. The van der Waals surface area contributed by atoms with E-state index < -0.39 is 0 Å². The van der Waals surface area contributed by atoms with Crippen LogP contribution in [0.15, 0.2) is 23.2 Å². The van der Waals surface area contributed by atoms with Crippen LogP contribution in [0.5, 0.6) is 0 Å². The summed E-state index contributed by atoms with van der Waals surface area (Å²) < 4.78 is 3.22. The molecule has 1 aliphatic heterocycles. The maximum atomic E-state index is 12.5. The topological polar surface area (TPSA) is 54.7 Å². The molecule has 0 N–H and O–H groups in total. The van der Waals surface area contributed by atoms with Crippen molar-refractivity contribution in [1.29, 1.82) is 0 Å². The predicted octanol–water partition coefficient (Wildman–Crippen LogP) is 3.98. The summed E-state index contributed by atoms with van der Waals surface area (Å²) in [6.45, 7) is 7.89. The first-order chi connectivity index (χ1) is 13.5. The number of thioether (sulfide) groups is 1. The second-order valence-corrected chi connectivity index (χ2v) is 9.24. The van der Waals surface area contributed by atoms with Gasteiger partial charge < -0.3 is 9.47 Å². The van der Waals surface area contributed by atoms with Crippen LogP contribution in [0.3, 0.4) is 0 Å². The number of rotatable bonds is 6. The molecule has 28 heavy (non-hydrogen) atoms. The summed E-state index contributed by atoms with van der Waals surface area (Å²) >= 11 is 2.93. The Labute approximate surface area is 174 Å². The number of likely N-dealkylation sites (tertiary alicyclic amines) is 1. The van der Waals surface area contributed by atoms with Crippen LogP contribution in [0, 0.1) is 6.92 Å². The number of carbonyl (C=O) groups excluding carboxylic acids is 2. The van der Waals surface area contributed by atoms with Crippen molar-refractivity contribution in [3.63, 3.8) is 0 Å². The van der Waals surface area contributed by atoms with Gasteiger partial charge >= 0.3 is 0 Å². The molecule has 2 aromatic rings. The second kappa shape index (κ2) is 9.74. The molecule has 1 aliphatic rings. The Hall–Kier alpha value is -1.60. The molecule has 0 aliphatic carbocycles. The standard InChI is InChI=1S/C21H29N3O2S2/c1-4-16-8-6-7-11-24(16)20(26)14-27-13-19(25)22-21-23(5-2)17-10-9-15(3)12-18(17)28-21/h9-10,12,16H,4-8,11,13-14H2,1-3H3. The molecular formula is C21H29N3O2S2. The minimum absolute atomic E-state index is 0.158. The number of piperidine rings is 1. The van der Waals surface area contributed by atoms with Crippen molar-refractivity contribution >= 4 is 45.1 Å². The van der Waals surface area contributed by atoms with Gasteiger partial charge in [0.15, 0.2) is 4.80 Å². The van der Waals surface area contributed by atoms with E-state index >= 15 is 0 Å². The Morgan fingerprint density at radius 1 is 1.25 bits per heavy atom. The van der Waals surface area contributed by atoms with Gasteiger partial charge in [-0.25, -0.2) is 0 Å². The third kappa shape index (κ3) is 4.87. The van der Waals surface area contributed by atoms with Crippen molar-refractivity contribution in [1.82, 2.24) is 9.47 Å². The third-order valence-electron chi connectivity index (χ3n) is 5.24. The average Bonchev–Trinajstić information content (AvgIpc) is 3.03. The van der Waals surface area contributed by atoms with Gasteiger partial charge in [-0.3, -0.25) is 9.59 Å². The number of hydrogen-bond acceptors (Lipinski definition) is 4. The molecule has 1 atom stereocenters. The van der Waals surface area contributed by atoms with Crippen LogP contribution in [0.1, 0.15) is 45.1 Å². The van der Waals surface area contributed by atoms with Gasteiger partial charge in [-0.1, -0.05) is 24.3 Å². The summed E-state index contributed by atoms with van der Waals surface area (Å²) in [5.74, 6) is 0.587. The minimum Gasteiger partial charge on any atom is -0.339 e. The van der Waals surface area contributed by atoms with Crippen LogP contribution in [0.25, 0.3) is 10.2 Å². The van der Waals surface area contributed by atoms with E-state index in [0.717, 1.165) is 47.4 Å². The fraction of sp³-hybridized carbons (Fsp3) is 0.571. The number of aryl methyl sites for hydroxylation is 2. The molecular weight excluding hydrogens is 390 g/mol. The summed E-state index contributed by atoms with van der Waals surface area (Å²) in [7, 11) is 0. The maximum absolute atomic E-state index is 12.5. The summed E-state index contributed by atoms with van der Waals surface area (Å²) in [5, 5.41) is 0. The Morgan fingerprint density at radius 2 is 2.07 bits per heavy atom. The molecule has 1 fully saturated rings. The van der Waals surface area contributed by atoms with E-state index in [1.807, 2.05) is 4.90 Å². The summed E-state index contributed by atoms with van der Waals surface area (Å²) in [5.41, 5.74) is 2.32. The summed E-state index contributed by atoms with van der Waals surface area (Å²) in [4.78, 5) is 32.0. The van der Waals surface area contributed by atoms with Gasteiger partial charge in [0.2, 0.25) is 5.91 Å². The van der Waals surface area contributed by atoms with Crippen LogP contribution in [-0.4, -0.2) is 45.4 Å². The van der Waals surface area contributed by atoms with Crippen LogP contribution in [0.2, 0.25) is 0 Å². The Balaban J connectivity index is 1.62. The maximum Gasteiger partial charge on any atom is 0.258 e.